The molecule has 0 N–H and O–H groups in total. The van der Waals surface area contributed by atoms with Gasteiger partial charge in [-0.1, -0.05) is 11.8 Å². The van der Waals surface area contributed by atoms with Crippen molar-refractivity contribution in [2.24, 2.45) is 0 Å². The number of hydrogen-bond donors (Lipinski definition) is 0. The van der Waals surface area contributed by atoms with E-state index in [-0.39, 0.29) is 0 Å². The van der Waals surface area contributed by atoms with Crippen molar-refractivity contribution in [2.45, 2.75) is 39.5 Å². The quantitative estimate of drug-likeness (QED) is 0.371. The standard InChI is InChI=1S/C32H31N7/c1-24-23-25(2)39(36-24)32-34-30(17-11-26-7-13-28(14-8-26)37-19-3-4-20-37)33-31(35-32)18-12-27-9-15-29(16-10-27)38-21-5-6-22-38/h7-10,13-16,23H,3-6,19-22H2,1-2H3. The second-order valence-electron chi connectivity index (χ2n) is 10.1. The highest BCUT2D eigenvalue weighted by molar-refractivity contribution is 5.53. The summed E-state index contributed by atoms with van der Waals surface area (Å²) >= 11 is 0. The molecule has 0 amide bonds. The number of aromatic nitrogens is 5. The van der Waals surface area contributed by atoms with Gasteiger partial charge >= 0.3 is 0 Å². The largest absolute Gasteiger partial charge is 0.372 e. The number of anilines is 2. The van der Waals surface area contributed by atoms with Crippen LogP contribution in [0, 0.1) is 37.5 Å². The Balaban J connectivity index is 1.29. The highest BCUT2D eigenvalue weighted by Crippen LogP contribution is 2.21. The lowest BCUT2D eigenvalue weighted by molar-refractivity contribution is 0.757. The lowest BCUT2D eigenvalue weighted by atomic mass is 10.2. The van der Waals surface area contributed by atoms with Crippen molar-refractivity contribution in [1.29, 1.82) is 0 Å². The first-order valence-corrected chi connectivity index (χ1v) is 13.6. The molecular weight excluding hydrogens is 482 g/mol. The van der Waals surface area contributed by atoms with Crippen LogP contribution < -0.4 is 9.80 Å². The fourth-order valence-corrected chi connectivity index (χ4v) is 5.12. The topological polar surface area (TPSA) is 63.0 Å². The Hall–Kier alpha value is -4.62. The van der Waals surface area contributed by atoms with E-state index in [4.69, 9.17) is 0 Å². The van der Waals surface area contributed by atoms with Gasteiger partial charge in [0.05, 0.1) is 5.69 Å². The van der Waals surface area contributed by atoms with Crippen LogP contribution in [-0.4, -0.2) is 50.9 Å². The van der Waals surface area contributed by atoms with Gasteiger partial charge < -0.3 is 9.80 Å². The molecule has 7 heteroatoms. The molecule has 4 heterocycles. The second kappa shape index (κ2) is 11.0. The fraction of sp³-hybridized carbons (Fsp3) is 0.312. The van der Waals surface area contributed by atoms with Crippen LogP contribution >= 0.6 is 0 Å². The maximum absolute atomic E-state index is 4.61. The molecule has 2 aromatic heterocycles. The maximum Gasteiger partial charge on any atom is 0.256 e. The summed E-state index contributed by atoms with van der Waals surface area (Å²) in [5.41, 5.74) is 6.15. The number of benzene rings is 2. The SMILES string of the molecule is Cc1cc(C)n(-c2nc(C#Cc3ccc(N4CCCC4)cc3)nc(C#Cc3ccc(N4CCCC4)cc3)n2)n1. The van der Waals surface area contributed by atoms with Crippen LogP contribution in [0.15, 0.2) is 54.6 Å². The Kier molecular flexibility index (Phi) is 6.97. The number of nitrogens with zero attached hydrogens (tertiary/aromatic N) is 7. The third kappa shape index (κ3) is 5.78. The summed E-state index contributed by atoms with van der Waals surface area (Å²) in [6.07, 6.45) is 5.03. The van der Waals surface area contributed by atoms with Crippen molar-refractivity contribution >= 4 is 11.4 Å². The molecule has 2 fully saturated rings. The molecule has 0 spiro atoms. The van der Waals surface area contributed by atoms with Crippen LogP contribution in [0.25, 0.3) is 5.95 Å². The van der Waals surface area contributed by atoms with Gasteiger partial charge in [-0.15, -0.1) is 0 Å². The van der Waals surface area contributed by atoms with E-state index in [0.29, 0.717) is 17.6 Å². The van der Waals surface area contributed by atoms with Crippen molar-refractivity contribution in [3.63, 3.8) is 0 Å². The summed E-state index contributed by atoms with van der Waals surface area (Å²) in [6.45, 7) is 8.41. The molecule has 2 aliphatic rings. The third-order valence-electron chi connectivity index (χ3n) is 7.14. The molecule has 0 bridgehead atoms. The molecule has 0 saturated carbocycles. The summed E-state index contributed by atoms with van der Waals surface area (Å²) in [5.74, 6) is 13.8. The smallest absolute Gasteiger partial charge is 0.256 e. The van der Waals surface area contributed by atoms with Crippen LogP contribution in [0.3, 0.4) is 0 Å². The predicted molar refractivity (Wildman–Crippen MR) is 154 cm³/mol. The molecule has 194 valence electrons. The molecule has 2 aliphatic heterocycles. The third-order valence-corrected chi connectivity index (χ3v) is 7.14. The minimum atomic E-state index is 0.366. The molecule has 0 unspecified atom stereocenters. The zero-order valence-electron chi connectivity index (χ0n) is 22.5. The monoisotopic (exact) mass is 513 g/mol. The maximum atomic E-state index is 4.61. The molecular formula is C32H31N7. The van der Waals surface area contributed by atoms with Crippen molar-refractivity contribution in [3.8, 4) is 29.6 Å². The Labute approximate surface area is 229 Å². The summed E-state index contributed by atoms with van der Waals surface area (Å²) in [4.78, 5) is 18.6. The molecule has 39 heavy (non-hydrogen) atoms. The van der Waals surface area contributed by atoms with Gasteiger partial charge in [0.25, 0.3) is 5.95 Å². The van der Waals surface area contributed by atoms with Crippen LogP contribution in [0.2, 0.25) is 0 Å². The van der Waals surface area contributed by atoms with E-state index in [1.165, 1.54) is 37.1 Å². The van der Waals surface area contributed by atoms with Gasteiger partial charge in [-0.3, -0.25) is 0 Å². The second-order valence-corrected chi connectivity index (χ2v) is 10.1. The lowest BCUT2D eigenvalue weighted by Gasteiger charge is -2.17. The highest BCUT2D eigenvalue weighted by atomic mass is 15.4. The highest BCUT2D eigenvalue weighted by Gasteiger charge is 2.13. The van der Waals surface area contributed by atoms with Crippen LogP contribution in [0.4, 0.5) is 11.4 Å². The average Bonchev–Trinajstić information content (AvgIpc) is 3.74. The summed E-state index contributed by atoms with van der Waals surface area (Å²) in [7, 11) is 0. The van der Waals surface area contributed by atoms with Crippen LogP contribution in [0.5, 0.6) is 0 Å². The predicted octanol–water partition coefficient (Wildman–Crippen LogP) is 4.67. The van der Waals surface area contributed by atoms with Gasteiger partial charge in [0.1, 0.15) is 0 Å². The Morgan fingerprint density at radius 3 is 1.46 bits per heavy atom. The Morgan fingerprint density at radius 2 is 1.05 bits per heavy atom. The van der Waals surface area contributed by atoms with Crippen LogP contribution in [0.1, 0.15) is 59.8 Å². The number of aryl methyl sites for hydroxylation is 2. The van der Waals surface area contributed by atoms with Crippen molar-refractivity contribution in [1.82, 2.24) is 24.7 Å². The molecule has 2 aromatic carbocycles. The first-order valence-electron chi connectivity index (χ1n) is 13.6. The lowest BCUT2D eigenvalue weighted by Crippen LogP contribution is -2.17. The minimum absolute atomic E-state index is 0.366. The van der Waals surface area contributed by atoms with Gasteiger partial charge in [-0.05, 0) is 106 Å². The van der Waals surface area contributed by atoms with Crippen molar-refractivity contribution in [3.05, 3.63) is 88.8 Å². The molecule has 6 rings (SSSR count). The van der Waals surface area contributed by atoms with Crippen LogP contribution in [-0.2, 0) is 0 Å². The Morgan fingerprint density at radius 1 is 0.590 bits per heavy atom. The first-order chi connectivity index (χ1) is 19.1. The summed E-state index contributed by atoms with van der Waals surface area (Å²) < 4.78 is 1.71. The normalized spacial score (nSPS) is 14.6. The van der Waals surface area contributed by atoms with E-state index in [9.17, 15) is 0 Å². The van der Waals surface area contributed by atoms with E-state index >= 15 is 0 Å². The van der Waals surface area contributed by atoms with E-state index in [0.717, 1.165) is 48.7 Å². The van der Waals surface area contributed by atoms with E-state index in [2.05, 4.69) is 102 Å². The zero-order chi connectivity index (χ0) is 26.6. The first kappa shape index (κ1) is 24.7. The minimum Gasteiger partial charge on any atom is -0.372 e. The molecule has 2 saturated heterocycles. The summed E-state index contributed by atoms with van der Waals surface area (Å²) in [5, 5.41) is 4.55. The van der Waals surface area contributed by atoms with Gasteiger partial charge in [0.2, 0.25) is 11.6 Å². The number of rotatable bonds is 3. The van der Waals surface area contributed by atoms with Crippen molar-refractivity contribution in [2.75, 3.05) is 36.0 Å². The van der Waals surface area contributed by atoms with Crippen molar-refractivity contribution < 1.29 is 0 Å². The van der Waals surface area contributed by atoms with Gasteiger partial charge in [-0.2, -0.15) is 20.1 Å². The molecule has 7 nitrogen and oxygen atoms in total. The molecule has 0 atom stereocenters. The Bertz CT molecular complexity index is 1490. The average molecular weight is 514 g/mol. The van der Waals surface area contributed by atoms with E-state index in [1.54, 1.807) is 4.68 Å². The molecule has 0 aliphatic carbocycles. The van der Waals surface area contributed by atoms with E-state index < -0.39 is 0 Å². The molecule has 4 aromatic rings. The fourth-order valence-electron chi connectivity index (χ4n) is 5.12. The molecule has 0 radical (unpaired) electrons. The van der Waals surface area contributed by atoms with Gasteiger partial charge in [0, 0.05) is 54.4 Å². The summed E-state index contributed by atoms with van der Waals surface area (Å²) in [6, 6.07) is 18.7. The zero-order valence-corrected chi connectivity index (χ0v) is 22.5. The van der Waals surface area contributed by atoms with Gasteiger partial charge in [0.15, 0.2) is 0 Å². The number of hydrogen-bond acceptors (Lipinski definition) is 6. The van der Waals surface area contributed by atoms with E-state index in [1.807, 2.05) is 19.9 Å². The van der Waals surface area contributed by atoms with Gasteiger partial charge in [-0.25, -0.2) is 4.68 Å².